The number of nitrogens with zero attached hydrogens (tertiary/aromatic N) is 2. The van der Waals surface area contributed by atoms with Gasteiger partial charge in [0.05, 0.1) is 25.3 Å². The van der Waals surface area contributed by atoms with Crippen LogP contribution in [0.25, 0.3) is 22.2 Å². The molecule has 0 spiro atoms. The van der Waals surface area contributed by atoms with Crippen LogP contribution in [-0.2, 0) is 0 Å². The van der Waals surface area contributed by atoms with Crippen LogP contribution in [0.15, 0.2) is 66.7 Å². The second-order valence-electron chi connectivity index (χ2n) is 6.49. The summed E-state index contributed by atoms with van der Waals surface area (Å²) in [7, 11) is 3.11. The lowest BCUT2D eigenvalue weighted by Gasteiger charge is -2.09. The number of halogens is 1. The van der Waals surface area contributed by atoms with Gasteiger partial charge in [0.25, 0.3) is 11.8 Å². The van der Waals surface area contributed by atoms with Crippen LogP contribution in [0, 0.1) is 0 Å². The van der Waals surface area contributed by atoms with E-state index < -0.39 is 0 Å². The molecule has 0 aliphatic heterocycles. The highest BCUT2D eigenvalue weighted by Gasteiger charge is 2.10. The molecule has 0 bridgehead atoms. The number of fused-ring (bicyclic) bond motifs is 1. The summed E-state index contributed by atoms with van der Waals surface area (Å²) in [5.41, 5.74) is 4.40. The maximum atomic E-state index is 12.6. The molecule has 0 aliphatic carbocycles. The van der Waals surface area contributed by atoms with E-state index in [2.05, 4.69) is 15.3 Å². The van der Waals surface area contributed by atoms with Crippen LogP contribution in [-0.4, -0.2) is 30.1 Å². The number of anilines is 1. The molecule has 4 rings (SSSR count). The van der Waals surface area contributed by atoms with E-state index in [1.807, 2.05) is 36.4 Å². The molecule has 0 unspecified atom stereocenters. The molecule has 4 aromatic rings. The van der Waals surface area contributed by atoms with E-state index in [1.165, 1.54) is 7.11 Å². The molecule has 0 fully saturated rings. The average molecular weight is 420 g/mol. The zero-order valence-electron chi connectivity index (χ0n) is 16.3. The summed E-state index contributed by atoms with van der Waals surface area (Å²) < 4.78 is 10.3. The molecule has 0 saturated heterocycles. The first-order valence-corrected chi connectivity index (χ1v) is 9.52. The highest BCUT2D eigenvalue weighted by atomic mass is 35.5. The second-order valence-corrected chi connectivity index (χ2v) is 6.85. The monoisotopic (exact) mass is 419 g/mol. The third-order valence-electron chi connectivity index (χ3n) is 4.61. The van der Waals surface area contributed by atoms with Crippen LogP contribution in [0.2, 0.25) is 5.15 Å². The van der Waals surface area contributed by atoms with E-state index in [0.29, 0.717) is 22.3 Å². The number of carbonyl (C=O) groups is 1. The largest absolute Gasteiger partial charge is 0.497 e. The predicted octanol–water partition coefficient (Wildman–Crippen LogP) is 5.22. The van der Waals surface area contributed by atoms with Gasteiger partial charge in [0.1, 0.15) is 5.75 Å². The van der Waals surface area contributed by atoms with E-state index in [4.69, 9.17) is 21.1 Å². The van der Waals surface area contributed by atoms with Crippen LogP contribution < -0.4 is 14.8 Å². The van der Waals surface area contributed by atoms with Crippen molar-refractivity contribution in [3.8, 4) is 22.8 Å². The van der Waals surface area contributed by atoms with Gasteiger partial charge in [0.15, 0.2) is 5.15 Å². The number of methoxy groups -OCH3 is 2. The first-order chi connectivity index (χ1) is 14.6. The van der Waals surface area contributed by atoms with Crippen molar-refractivity contribution in [2.24, 2.45) is 0 Å². The first-order valence-electron chi connectivity index (χ1n) is 9.14. The number of benzene rings is 3. The van der Waals surface area contributed by atoms with Gasteiger partial charge in [0, 0.05) is 11.3 Å². The average Bonchev–Trinajstić information content (AvgIpc) is 2.79. The highest BCUT2D eigenvalue weighted by molar-refractivity contribution is 6.31. The third-order valence-corrected chi connectivity index (χ3v) is 4.86. The molecule has 0 radical (unpaired) electrons. The van der Waals surface area contributed by atoms with Crippen LogP contribution in [0.5, 0.6) is 11.6 Å². The first kappa shape index (κ1) is 19.7. The zero-order valence-corrected chi connectivity index (χ0v) is 17.1. The van der Waals surface area contributed by atoms with Crippen molar-refractivity contribution >= 4 is 34.2 Å². The van der Waals surface area contributed by atoms with Crippen molar-refractivity contribution in [1.82, 2.24) is 9.97 Å². The van der Waals surface area contributed by atoms with E-state index >= 15 is 0 Å². The van der Waals surface area contributed by atoms with Gasteiger partial charge in [0.2, 0.25) is 0 Å². The minimum absolute atomic E-state index is 0.193. The lowest BCUT2D eigenvalue weighted by atomic mass is 10.0. The van der Waals surface area contributed by atoms with Crippen LogP contribution >= 0.6 is 11.6 Å². The molecule has 6 nitrogen and oxygen atoms in total. The highest BCUT2D eigenvalue weighted by Crippen LogP contribution is 2.26. The van der Waals surface area contributed by atoms with Gasteiger partial charge < -0.3 is 14.8 Å². The third kappa shape index (κ3) is 4.04. The summed E-state index contributed by atoms with van der Waals surface area (Å²) in [6, 6.07) is 20.4. The smallest absolute Gasteiger partial charge is 0.255 e. The van der Waals surface area contributed by atoms with Crippen molar-refractivity contribution in [3.63, 3.8) is 0 Å². The number of hydrogen-bond donors (Lipinski definition) is 1. The molecule has 1 N–H and O–H groups in total. The molecule has 1 amide bonds. The van der Waals surface area contributed by atoms with Crippen molar-refractivity contribution in [2.75, 3.05) is 19.5 Å². The summed E-state index contributed by atoms with van der Waals surface area (Å²) in [4.78, 5) is 21.2. The van der Waals surface area contributed by atoms with Crippen molar-refractivity contribution in [2.45, 2.75) is 0 Å². The predicted molar refractivity (Wildman–Crippen MR) is 117 cm³/mol. The van der Waals surface area contributed by atoms with Gasteiger partial charge >= 0.3 is 0 Å². The van der Waals surface area contributed by atoms with E-state index in [-0.39, 0.29) is 16.9 Å². The summed E-state index contributed by atoms with van der Waals surface area (Å²) in [5.74, 6) is 0.820. The minimum atomic E-state index is -0.218. The Kier molecular flexibility index (Phi) is 5.50. The fraction of sp³-hybridized carbons (Fsp3) is 0.0870. The fourth-order valence-corrected chi connectivity index (χ4v) is 3.24. The van der Waals surface area contributed by atoms with Gasteiger partial charge in [-0.3, -0.25) is 4.79 Å². The topological polar surface area (TPSA) is 73.3 Å². The summed E-state index contributed by atoms with van der Waals surface area (Å²) in [6.45, 7) is 0. The minimum Gasteiger partial charge on any atom is -0.497 e. The maximum Gasteiger partial charge on any atom is 0.255 e. The lowest BCUT2D eigenvalue weighted by molar-refractivity contribution is 0.102. The molecule has 0 aliphatic rings. The number of amides is 1. The van der Waals surface area contributed by atoms with E-state index in [0.717, 1.165) is 16.9 Å². The van der Waals surface area contributed by atoms with Crippen molar-refractivity contribution in [1.29, 1.82) is 0 Å². The Morgan fingerprint density at radius 1 is 0.833 bits per heavy atom. The standard InChI is InChI=1S/C23H18ClN3O3/c1-29-18-10-7-15(8-11-18)14-3-5-16(6-4-14)22(28)25-17-9-12-19-20(13-17)27-23(30-2)21(24)26-19/h3-13H,1-2H3,(H,25,28). The Bertz CT molecular complexity index is 1210. The van der Waals surface area contributed by atoms with Crippen molar-refractivity contribution < 1.29 is 14.3 Å². The van der Waals surface area contributed by atoms with Crippen molar-refractivity contribution in [3.05, 3.63) is 77.4 Å². The van der Waals surface area contributed by atoms with Gasteiger partial charge in [-0.25, -0.2) is 9.97 Å². The van der Waals surface area contributed by atoms with Gasteiger partial charge in [-0.15, -0.1) is 0 Å². The van der Waals surface area contributed by atoms with E-state index in [9.17, 15) is 4.79 Å². The summed E-state index contributed by atoms with van der Waals surface area (Å²) in [6.07, 6.45) is 0. The second kappa shape index (κ2) is 8.39. The Morgan fingerprint density at radius 3 is 2.13 bits per heavy atom. The molecule has 1 aromatic heterocycles. The SMILES string of the molecule is COc1ccc(-c2ccc(C(=O)Nc3ccc4nc(Cl)c(OC)nc4c3)cc2)cc1. The Hall–Kier alpha value is -3.64. The summed E-state index contributed by atoms with van der Waals surface area (Å²) in [5, 5.41) is 3.07. The molecule has 1 heterocycles. The molecule has 30 heavy (non-hydrogen) atoms. The number of ether oxygens (including phenoxy) is 2. The van der Waals surface area contributed by atoms with Gasteiger partial charge in [-0.2, -0.15) is 0 Å². The zero-order chi connectivity index (χ0) is 21.1. The molecule has 0 saturated carbocycles. The lowest BCUT2D eigenvalue weighted by Crippen LogP contribution is -2.11. The Morgan fingerprint density at radius 2 is 1.50 bits per heavy atom. The normalized spacial score (nSPS) is 10.6. The summed E-state index contributed by atoms with van der Waals surface area (Å²) >= 11 is 6.01. The molecule has 150 valence electrons. The fourth-order valence-electron chi connectivity index (χ4n) is 3.03. The molecule has 7 heteroatoms. The van der Waals surface area contributed by atoms with Crippen LogP contribution in [0.1, 0.15) is 10.4 Å². The number of aromatic nitrogens is 2. The molecular formula is C23H18ClN3O3. The number of nitrogens with one attached hydrogen (secondary N) is 1. The molecule has 3 aromatic carbocycles. The van der Waals surface area contributed by atoms with Gasteiger partial charge in [-0.05, 0) is 53.6 Å². The van der Waals surface area contributed by atoms with Gasteiger partial charge in [-0.1, -0.05) is 35.9 Å². The Balaban J connectivity index is 1.52. The Labute approximate surface area is 178 Å². The van der Waals surface area contributed by atoms with E-state index in [1.54, 1.807) is 37.4 Å². The molecule has 0 atom stereocenters. The maximum absolute atomic E-state index is 12.6. The van der Waals surface area contributed by atoms with Crippen LogP contribution in [0.4, 0.5) is 5.69 Å². The quantitative estimate of drug-likeness (QED) is 0.480. The van der Waals surface area contributed by atoms with Crippen LogP contribution in [0.3, 0.4) is 0 Å². The number of rotatable bonds is 5. The number of hydrogen-bond acceptors (Lipinski definition) is 5. The number of carbonyl (C=O) groups excluding carboxylic acids is 1. The molecular weight excluding hydrogens is 402 g/mol.